The second-order valence-electron chi connectivity index (χ2n) is 5.90. The Morgan fingerprint density at radius 2 is 2.12 bits per heavy atom. The van der Waals surface area contributed by atoms with Gasteiger partial charge in [-0.15, -0.1) is 0 Å². The Bertz CT molecular complexity index is 743. The summed E-state index contributed by atoms with van der Waals surface area (Å²) in [5.41, 5.74) is 0.756. The number of nitrogens with zero attached hydrogens (tertiary/aromatic N) is 4. The number of imidazole rings is 1. The van der Waals surface area contributed by atoms with Crippen molar-refractivity contribution in [3.8, 4) is 0 Å². The third-order valence-electron chi connectivity index (χ3n) is 4.19. The summed E-state index contributed by atoms with van der Waals surface area (Å²) in [5, 5.41) is 14.1. The fourth-order valence-corrected chi connectivity index (χ4v) is 3.05. The van der Waals surface area contributed by atoms with E-state index in [1.807, 2.05) is 35.2 Å². The van der Waals surface area contributed by atoms with Crippen LogP contribution in [-0.2, 0) is 11.8 Å². The van der Waals surface area contributed by atoms with Gasteiger partial charge in [0.05, 0.1) is 5.92 Å². The summed E-state index contributed by atoms with van der Waals surface area (Å²) in [4.78, 5) is 28.9. The molecular formula is C16H19N5O3. The summed E-state index contributed by atoms with van der Waals surface area (Å²) >= 11 is 0. The summed E-state index contributed by atoms with van der Waals surface area (Å²) in [5.74, 6) is 0.0167. The van der Waals surface area contributed by atoms with Gasteiger partial charge in [-0.05, 0) is 34.9 Å². The molecule has 1 aromatic carbocycles. The number of rotatable bonds is 4. The zero-order chi connectivity index (χ0) is 17.1. The van der Waals surface area contributed by atoms with E-state index >= 15 is 0 Å². The molecule has 2 aromatic rings. The zero-order valence-corrected chi connectivity index (χ0v) is 13.4. The standard InChI is InChI=1S/C16H19N5O3/c1-19-11-17-14(21(23)24)16(19)20-9-5-6-12(10-20)15(22)18-13-7-3-2-4-8-13/h2-4,7-8,11-12H,5-6,9-10H2,1H3,(H,18,22). The first-order chi connectivity index (χ1) is 11.6. The van der Waals surface area contributed by atoms with E-state index in [-0.39, 0.29) is 17.6 Å². The predicted octanol–water partition coefficient (Wildman–Crippen LogP) is 2.18. The highest BCUT2D eigenvalue weighted by molar-refractivity contribution is 5.93. The summed E-state index contributed by atoms with van der Waals surface area (Å²) < 4.78 is 1.63. The number of aryl methyl sites for hydroxylation is 1. The Morgan fingerprint density at radius 1 is 1.38 bits per heavy atom. The molecule has 1 unspecified atom stereocenters. The molecule has 0 spiro atoms. The number of benzene rings is 1. The van der Waals surface area contributed by atoms with Crippen molar-refractivity contribution in [2.45, 2.75) is 12.8 Å². The van der Waals surface area contributed by atoms with Crippen molar-refractivity contribution >= 4 is 23.2 Å². The van der Waals surface area contributed by atoms with Crippen molar-refractivity contribution < 1.29 is 9.72 Å². The Balaban J connectivity index is 1.74. The maximum absolute atomic E-state index is 12.5. The molecular weight excluding hydrogens is 310 g/mol. The SMILES string of the molecule is Cn1cnc([N+](=O)[O-])c1N1CCCC(C(=O)Nc2ccccc2)C1. The molecule has 126 valence electrons. The highest BCUT2D eigenvalue weighted by Crippen LogP contribution is 2.30. The van der Waals surface area contributed by atoms with Gasteiger partial charge in [0.15, 0.2) is 0 Å². The van der Waals surface area contributed by atoms with E-state index in [9.17, 15) is 14.9 Å². The third kappa shape index (κ3) is 3.22. The highest BCUT2D eigenvalue weighted by Gasteiger charge is 2.32. The van der Waals surface area contributed by atoms with Gasteiger partial charge >= 0.3 is 5.82 Å². The van der Waals surface area contributed by atoms with Crippen LogP contribution >= 0.6 is 0 Å². The number of amides is 1. The van der Waals surface area contributed by atoms with Crippen LogP contribution in [0.5, 0.6) is 0 Å². The summed E-state index contributed by atoms with van der Waals surface area (Å²) in [6, 6.07) is 9.29. The minimum absolute atomic E-state index is 0.0595. The normalized spacial score (nSPS) is 17.5. The lowest BCUT2D eigenvalue weighted by Gasteiger charge is -2.32. The van der Waals surface area contributed by atoms with Crippen LogP contribution in [0.25, 0.3) is 0 Å². The lowest BCUT2D eigenvalue weighted by Crippen LogP contribution is -2.41. The van der Waals surface area contributed by atoms with Gasteiger partial charge in [0, 0.05) is 25.8 Å². The average molecular weight is 329 g/mol. The first-order valence-electron chi connectivity index (χ1n) is 7.83. The van der Waals surface area contributed by atoms with Crippen LogP contribution in [0.2, 0.25) is 0 Å². The molecule has 8 nitrogen and oxygen atoms in total. The van der Waals surface area contributed by atoms with E-state index in [2.05, 4.69) is 10.3 Å². The molecule has 0 saturated carbocycles. The van der Waals surface area contributed by atoms with Crippen molar-refractivity contribution in [1.29, 1.82) is 0 Å². The smallest absolute Gasteiger partial charge is 0.358 e. The molecule has 3 rings (SSSR count). The molecule has 1 atom stereocenters. The van der Waals surface area contributed by atoms with E-state index in [1.54, 1.807) is 11.6 Å². The van der Waals surface area contributed by atoms with Crippen molar-refractivity contribution in [3.63, 3.8) is 0 Å². The molecule has 0 radical (unpaired) electrons. The lowest BCUT2D eigenvalue weighted by molar-refractivity contribution is -0.388. The van der Waals surface area contributed by atoms with Crippen LogP contribution in [0.4, 0.5) is 17.3 Å². The maximum atomic E-state index is 12.5. The number of hydrogen-bond donors (Lipinski definition) is 1. The highest BCUT2D eigenvalue weighted by atomic mass is 16.6. The molecule has 1 amide bonds. The molecule has 1 N–H and O–H groups in total. The number of nitrogens with one attached hydrogen (secondary N) is 1. The minimum Gasteiger partial charge on any atom is -0.358 e. The van der Waals surface area contributed by atoms with Crippen LogP contribution in [0.15, 0.2) is 36.7 Å². The Morgan fingerprint density at radius 3 is 2.83 bits per heavy atom. The van der Waals surface area contributed by atoms with Crippen molar-refractivity contribution in [1.82, 2.24) is 9.55 Å². The molecule has 0 aliphatic carbocycles. The quantitative estimate of drug-likeness (QED) is 0.685. The number of para-hydroxylation sites is 1. The molecule has 1 aliphatic heterocycles. The molecule has 1 saturated heterocycles. The molecule has 8 heteroatoms. The number of anilines is 2. The van der Waals surface area contributed by atoms with Gasteiger partial charge in [-0.2, -0.15) is 0 Å². The number of hydrogen-bond acceptors (Lipinski definition) is 5. The van der Waals surface area contributed by atoms with Crippen LogP contribution in [-0.4, -0.2) is 33.5 Å². The first-order valence-corrected chi connectivity index (χ1v) is 7.83. The fourth-order valence-electron chi connectivity index (χ4n) is 3.05. The Hall–Kier alpha value is -2.90. The van der Waals surface area contributed by atoms with Crippen LogP contribution in [0, 0.1) is 16.0 Å². The zero-order valence-electron chi connectivity index (χ0n) is 13.4. The number of aromatic nitrogens is 2. The topological polar surface area (TPSA) is 93.3 Å². The number of nitro groups is 1. The second kappa shape index (κ2) is 6.69. The molecule has 1 aromatic heterocycles. The fraction of sp³-hybridized carbons (Fsp3) is 0.375. The molecule has 1 aliphatic rings. The number of carbonyl (C=O) groups is 1. The van der Waals surface area contributed by atoms with E-state index in [0.29, 0.717) is 18.9 Å². The second-order valence-corrected chi connectivity index (χ2v) is 5.90. The van der Waals surface area contributed by atoms with Gasteiger partial charge in [-0.25, -0.2) is 0 Å². The van der Waals surface area contributed by atoms with Crippen LogP contribution < -0.4 is 10.2 Å². The van der Waals surface area contributed by atoms with Gasteiger partial charge in [0.2, 0.25) is 18.1 Å². The first kappa shape index (κ1) is 16.0. The lowest BCUT2D eigenvalue weighted by atomic mass is 9.97. The van der Waals surface area contributed by atoms with Gasteiger partial charge in [-0.1, -0.05) is 18.2 Å². The summed E-state index contributed by atoms with van der Waals surface area (Å²) in [7, 11) is 1.73. The van der Waals surface area contributed by atoms with Crippen molar-refractivity contribution in [2.24, 2.45) is 13.0 Å². The summed E-state index contributed by atoms with van der Waals surface area (Å²) in [6.45, 7) is 1.12. The molecule has 0 bridgehead atoms. The van der Waals surface area contributed by atoms with Crippen molar-refractivity contribution in [2.75, 3.05) is 23.3 Å². The predicted molar refractivity (Wildman–Crippen MR) is 89.9 cm³/mol. The van der Waals surface area contributed by atoms with Crippen LogP contribution in [0.1, 0.15) is 12.8 Å². The Labute approximate surface area is 139 Å². The van der Waals surface area contributed by atoms with Gasteiger partial charge < -0.3 is 20.3 Å². The largest absolute Gasteiger partial charge is 0.406 e. The van der Waals surface area contributed by atoms with Crippen molar-refractivity contribution in [3.05, 3.63) is 46.8 Å². The molecule has 2 heterocycles. The van der Waals surface area contributed by atoms with Gasteiger partial charge in [0.25, 0.3) is 0 Å². The number of carbonyl (C=O) groups excluding carboxylic acids is 1. The van der Waals surface area contributed by atoms with E-state index in [4.69, 9.17) is 0 Å². The van der Waals surface area contributed by atoms with Gasteiger partial charge in [0.1, 0.15) is 0 Å². The minimum atomic E-state index is -0.483. The maximum Gasteiger partial charge on any atom is 0.406 e. The van der Waals surface area contributed by atoms with E-state index < -0.39 is 4.92 Å². The number of piperidine rings is 1. The van der Waals surface area contributed by atoms with Gasteiger partial charge in [-0.3, -0.25) is 9.36 Å². The third-order valence-corrected chi connectivity index (χ3v) is 4.19. The van der Waals surface area contributed by atoms with Crippen LogP contribution in [0.3, 0.4) is 0 Å². The monoisotopic (exact) mass is 329 g/mol. The van der Waals surface area contributed by atoms with E-state index in [1.165, 1.54) is 6.33 Å². The molecule has 24 heavy (non-hydrogen) atoms. The molecule has 1 fully saturated rings. The Kier molecular flexibility index (Phi) is 4.45. The van der Waals surface area contributed by atoms with E-state index in [0.717, 1.165) is 18.5 Å². The average Bonchev–Trinajstić information content (AvgIpc) is 2.98. The summed E-state index contributed by atoms with van der Waals surface area (Å²) in [6.07, 6.45) is 3.00.